The molecule has 0 aliphatic carbocycles. The first-order valence-electron chi connectivity index (χ1n) is 13.8. The fraction of sp³-hybridized carbons (Fsp3) is 0.581. The third-order valence-electron chi connectivity index (χ3n) is 6.75. The van der Waals surface area contributed by atoms with Crippen molar-refractivity contribution in [2.45, 2.75) is 90.0 Å². The molecule has 2 aromatic rings. The summed E-state index contributed by atoms with van der Waals surface area (Å²) in [6, 6.07) is 14.7. The highest BCUT2D eigenvalue weighted by Crippen LogP contribution is 2.26. The fourth-order valence-corrected chi connectivity index (χ4v) is 4.71. The van der Waals surface area contributed by atoms with E-state index in [9.17, 15) is 4.79 Å². The van der Waals surface area contributed by atoms with Crippen molar-refractivity contribution in [3.05, 3.63) is 59.7 Å². The molecule has 0 saturated carbocycles. The van der Waals surface area contributed by atoms with E-state index in [1.54, 1.807) is 0 Å². The van der Waals surface area contributed by atoms with Gasteiger partial charge < -0.3 is 28.4 Å². The molecule has 2 aliphatic heterocycles. The second-order valence-corrected chi connectivity index (χ2v) is 11.0. The van der Waals surface area contributed by atoms with Gasteiger partial charge in [-0.15, -0.1) is 0 Å². The predicted octanol–water partition coefficient (Wildman–Crippen LogP) is 6.32. The highest BCUT2D eigenvalue weighted by atomic mass is 16.7. The first kappa shape index (κ1) is 28.6. The second kappa shape index (κ2) is 13.1. The lowest BCUT2D eigenvalue weighted by atomic mass is 10.0. The van der Waals surface area contributed by atoms with E-state index >= 15 is 0 Å². The lowest BCUT2D eigenvalue weighted by Crippen LogP contribution is -2.21. The largest absolute Gasteiger partial charge is 0.494 e. The summed E-state index contributed by atoms with van der Waals surface area (Å²) in [5.74, 6) is 0.585. The van der Waals surface area contributed by atoms with Crippen LogP contribution < -0.4 is 9.47 Å². The second-order valence-electron chi connectivity index (χ2n) is 11.0. The summed E-state index contributed by atoms with van der Waals surface area (Å²) >= 11 is 0. The Hall–Kier alpha value is -2.45. The number of ketones is 1. The van der Waals surface area contributed by atoms with Gasteiger partial charge in [-0.3, -0.25) is 4.79 Å². The van der Waals surface area contributed by atoms with Gasteiger partial charge in [0.1, 0.15) is 11.5 Å². The smallest absolute Gasteiger partial charge is 0.193 e. The van der Waals surface area contributed by atoms with Crippen LogP contribution in [0.25, 0.3) is 0 Å². The van der Waals surface area contributed by atoms with Crippen molar-refractivity contribution in [3.63, 3.8) is 0 Å². The Bertz CT molecular complexity index is 932. The Balaban J connectivity index is 1.11. The number of ether oxygens (including phenoxy) is 6. The monoisotopic (exact) mass is 526 g/mol. The normalized spacial score (nSPS) is 21.9. The van der Waals surface area contributed by atoms with E-state index in [4.69, 9.17) is 28.4 Å². The number of rotatable bonds is 14. The van der Waals surface area contributed by atoms with Crippen molar-refractivity contribution < 1.29 is 33.2 Å². The Morgan fingerprint density at radius 1 is 0.684 bits per heavy atom. The minimum atomic E-state index is -0.463. The van der Waals surface area contributed by atoms with Crippen LogP contribution in [0.4, 0.5) is 0 Å². The quantitative estimate of drug-likeness (QED) is 0.211. The number of carbonyl (C=O) groups is 1. The summed E-state index contributed by atoms with van der Waals surface area (Å²) in [6.07, 6.45) is 6.19. The molecule has 0 radical (unpaired) electrons. The molecule has 2 aromatic carbocycles. The Morgan fingerprint density at radius 3 is 1.42 bits per heavy atom. The van der Waals surface area contributed by atoms with Gasteiger partial charge in [0.15, 0.2) is 17.4 Å². The lowest BCUT2D eigenvalue weighted by Gasteiger charge is -2.17. The zero-order valence-electron chi connectivity index (χ0n) is 23.2. The van der Waals surface area contributed by atoms with Crippen LogP contribution in [0.15, 0.2) is 48.5 Å². The molecule has 2 saturated heterocycles. The average Bonchev–Trinajstić information content (AvgIpc) is 3.43. The number of hydrogen-bond acceptors (Lipinski definition) is 7. The molecule has 7 nitrogen and oxygen atoms in total. The van der Waals surface area contributed by atoms with Crippen LogP contribution in [0.5, 0.6) is 11.5 Å². The van der Waals surface area contributed by atoms with Crippen molar-refractivity contribution >= 4 is 5.78 Å². The van der Waals surface area contributed by atoms with Gasteiger partial charge in [-0.2, -0.15) is 0 Å². The number of carbonyl (C=O) groups excluding carboxylic acids is 1. The molecule has 2 heterocycles. The number of hydrogen-bond donors (Lipinski definition) is 0. The molecule has 2 unspecified atom stereocenters. The highest BCUT2D eigenvalue weighted by molar-refractivity contribution is 6.09. The topological polar surface area (TPSA) is 72.5 Å². The van der Waals surface area contributed by atoms with Crippen LogP contribution in [0.3, 0.4) is 0 Å². The van der Waals surface area contributed by atoms with Gasteiger partial charge in [-0.25, -0.2) is 0 Å². The molecule has 0 N–H and O–H groups in total. The molecule has 0 bridgehead atoms. The first-order valence-corrected chi connectivity index (χ1v) is 13.8. The van der Waals surface area contributed by atoms with Crippen molar-refractivity contribution in [2.24, 2.45) is 0 Å². The van der Waals surface area contributed by atoms with Crippen LogP contribution in [0.2, 0.25) is 0 Å². The SMILES string of the molecule is CC1(C)OCC(CCCCOc2ccc(C(=O)c3ccc(OCCCCC4COC(C)(C)O4)cc3)cc2)O1. The molecular weight excluding hydrogens is 484 g/mol. The van der Waals surface area contributed by atoms with Gasteiger partial charge in [-0.1, -0.05) is 0 Å². The summed E-state index contributed by atoms with van der Waals surface area (Å²) in [6.45, 7) is 10.4. The molecule has 2 aliphatic rings. The summed E-state index contributed by atoms with van der Waals surface area (Å²) < 4.78 is 34.5. The third-order valence-corrected chi connectivity index (χ3v) is 6.75. The number of benzene rings is 2. The Kier molecular flexibility index (Phi) is 9.82. The Morgan fingerprint density at radius 2 is 1.08 bits per heavy atom. The van der Waals surface area contributed by atoms with Crippen molar-refractivity contribution in [1.82, 2.24) is 0 Å². The zero-order valence-corrected chi connectivity index (χ0v) is 23.2. The number of unbranched alkanes of at least 4 members (excludes halogenated alkanes) is 2. The van der Waals surface area contributed by atoms with Crippen LogP contribution >= 0.6 is 0 Å². The summed E-state index contributed by atoms with van der Waals surface area (Å²) in [5, 5.41) is 0. The minimum absolute atomic E-state index is 0.0217. The first-order chi connectivity index (χ1) is 18.2. The molecule has 7 heteroatoms. The van der Waals surface area contributed by atoms with E-state index in [0.29, 0.717) is 37.6 Å². The summed E-state index contributed by atoms with van der Waals surface area (Å²) in [4.78, 5) is 12.9. The van der Waals surface area contributed by atoms with Gasteiger partial charge in [-0.05, 0) is 115 Å². The van der Waals surface area contributed by atoms with E-state index in [2.05, 4.69) is 0 Å². The molecule has 38 heavy (non-hydrogen) atoms. The standard InChI is InChI=1S/C31H42O7/c1-30(2)35-21-27(37-30)9-5-7-19-33-25-15-11-23(12-16-25)29(32)24-13-17-26(18-14-24)34-20-8-6-10-28-22-36-31(3,4)38-28/h11-18,27-28H,5-10,19-22H2,1-4H3. The van der Waals surface area contributed by atoms with E-state index in [1.807, 2.05) is 76.2 Å². The third kappa shape index (κ3) is 8.80. The molecule has 4 rings (SSSR count). The van der Waals surface area contributed by atoms with Crippen molar-refractivity contribution in [3.8, 4) is 11.5 Å². The van der Waals surface area contributed by atoms with Crippen molar-refractivity contribution in [1.29, 1.82) is 0 Å². The maximum absolute atomic E-state index is 12.9. The molecule has 2 fully saturated rings. The van der Waals surface area contributed by atoms with Gasteiger partial charge in [0.05, 0.1) is 38.6 Å². The summed E-state index contributed by atoms with van der Waals surface area (Å²) in [7, 11) is 0. The molecule has 208 valence electrons. The van der Waals surface area contributed by atoms with E-state index in [-0.39, 0.29) is 18.0 Å². The molecule has 0 spiro atoms. The Labute approximate surface area is 226 Å². The summed E-state index contributed by atoms with van der Waals surface area (Å²) in [5.41, 5.74) is 1.27. The minimum Gasteiger partial charge on any atom is -0.494 e. The maximum Gasteiger partial charge on any atom is 0.193 e. The molecule has 2 atom stereocenters. The average molecular weight is 527 g/mol. The van der Waals surface area contributed by atoms with E-state index in [0.717, 1.165) is 50.0 Å². The van der Waals surface area contributed by atoms with Crippen LogP contribution in [-0.4, -0.2) is 56.0 Å². The van der Waals surface area contributed by atoms with E-state index < -0.39 is 11.6 Å². The highest BCUT2D eigenvalue weighted by Gasteiger charge is 2.32. The van der Waals surface area contributed by atoms with Crippen LogP contribution in [-0.2, 0) is 18.9 Å². The van der Waals surface area contributed by atoms with Gasteiger partial charge in [0, 0.05) is 11.1 Å². The van der Waals surface area contributed by atoms with Crippen LogP contribution in [0, 0.1) is 0 Å². The zero-order chi connectivity index (χ0) is 27.0. The van der Waals surface area contributed by atoms with Crippen molar-refractivity contribution in [2.75, 3.05) is 26.4 Å². The maximum atomic E-state index is 12.9. The predicted molar refractivity (Wildman–Crippen MR) is 145 cm³/mol. The van der Waals surface area contributed by atoms with E-state index in [1.165, 1.54) is 0 Å². The van der Waals surface area contributed by atoms with Gasteiger partial charge in [0.25, 0.3) is 0 Å². The van der Waals surface area contributed by atoms with Gasteiger partial charge >= 0.3 is 0 Å². The molecular formula is C31H42O7. The lowest BCUT2D eigenvalue weighted by molar-refractivity contribution is -0.139. The molecule has 0 aromatic heterocycles. The van der Waals surface area contributed by atoms with Crippen LogP contribution in [0.1, 0.15) is 82.1 Å². The van der Waals surface area contributed by atoms with Gasteiger partial charge in [0.2, 0.25) is 0 Å². The molecule has 0 amide bonds. The fourth-order valence-electron chi connectivity index (χ4n) is 4.71.